The highest BCUT2D eigenvalue weighted by Gasteiger charge is 2.33. The molecule has 1 aliphatic heterocycles. The number of nitrogens with one attached hydrogen (secondary N) is 1. The van der Waals surface area contributed by atoms with Crippen molar-refractivity contribution in [2.24, 2.45) is 5.10 Å². The molecule has 1 amide bonds. The summed E-state index contributed by atoms with van der Waals surface area (Å²) in [5.74, 6) is 0.224. The molecule has 1 fully saturated rings. The Bertz CT molecular complexity index is 822. The molecule has 2 aromatic rings. The number of hydrogen-bond acceptors (Lipinski definition) is 7. The summed E-state index contributed by atoms with van der Waals surface area (Å²) in [5.41, 5.74) is 3.69. The van der Waals surface area contributed by atoms with E-state index in [1.165, 1.54) is 22.9 Å². The zero-order valence-corrected chi connectivity index (χ0v) is 17.7. The Hall–Kier alpha value is -1.77. The Balaban J connectivity index is 1.78. The molecule has 8 heteroatoms. The number of likely N-dealkylation sites (tertiary alicyclic amines) is 1. The number of amides is 1. The van der Waals surface area contributed by atoms with E-state index in [1.54, 1.807) is 20.1 Å². The van der Waals surface area contributed by atoms with Gasteiger partial charge >= 0.3 is 0 Å². The minimum absolute atomic E-state index is 0.0280. The number of anilines is 1. The van der Waals surface area contributed by atoms with Crippen LogP contribution in [0.15, 0.2) is 22.6 Å². The van der Waals surface area contributed by atoms with E-state index in [-0.39, 0.29) is 17.9 Å². The lowest BCUT2D eigenvalue weighted by Gasteiger charge is -2.37. The van der Waals surface area contributed by atoms with Gasteiger partial charge in [0.25, 0.3) is 5.91 Å². The number of carbonyl (C=O) groups excluding carboxylic acids is 1. The van der Waals surface area contributed by atoms with Crippen LogP contribution in [-0.4, -0.2) is 39.1 Å². The van der Waals surface area contributed by atoms with Crippen LogP contribution < -0.4 is 5.43 Å². The summed E-state index contributed by atoms with van der Waals surface area (Å²) in [6.07, 6.45) is 3.59. The molecule has 1 unspecified atom stereocenters. The van der Waals surface area contributed by atoms with Crippen LogP contribution in [-0.2, 0) is 5.60 Å². The Morgan fingerprint density at radius 3 is 2.93 bits per heavy atom. The summed E-state index contributed by atoms with van der Waals surface area (Å²) in [6, 6.07) is 4.02. The fraction of sp³-hybridized carbons (Fsp3) is 0.526. The van der Waals surface area contributed by atoms with Crippen LogP contribution in [0.1, 0.15) is 67.4 Å². The van der Waals surface area contributed by atoms with Crippen molar-refractivity contribution in [2.45, 2.75) is 58.1 Å². The minimum atomic E-state index is -0.884. The molecular weight excluding hydrogens is 380 g/mol. The number of rotatable bonds is 5. The normalized spacial score (nSPS) is 21.0. The van der Waals surface area contributed by atoms with Gasteiger partial charge in [-0.2, -0.15) is 9.47 Å². The quantitative estimate of drug-likeness (QED) is 0.574. The maximum atomic E-state index is 13.2. The summed E-state index contributed by atoms with van der Waals surface area (Å²) in [5, 5.41) is 16.9. The van der Waals surface area contributed by atoms with Crippen LogP contribution in [0.2, 0.25) is 0 Å². The number of carbonyl (C=O) groups is 1. The van der Waals surface area contributed by atoms with Crippen LogP contribution in [0.25, 0.3) is 0 Å². The number of aromatic nitrogens is 1. The standard InChI is InChI=1S/C19H26N4O2S2/c1-5-20-21-17-14(8-9-26-17)18(24)23-11-13(7-6-12(23)2)15-10-16(27-22-15)19(3,4)25/h5,8-10,12-13,21,25H,6-7,11H2,1-4H3/b20-5-/t12-,13?/m1/s1. The van der Waals surface area contributed by atoms with Crippen LogP contribution in [0.4, 0.5) is 5.00 Å². The molecule has 3 heterocycles. The number of thiophene rings is 1. The van der Waals surface area contributed by atoms with Crippen molar-refractivity contribution in [3.8, 4) is 0 Å². The number of hydrogen-bond donors (Lipinski definition) is 2. The van der Waals surface area contributed by atoms with E-state index in [4.69, 9.17) is 0 Å². The average Bonchev–Trinajstić information content (AvgIpc) is 3.29. The van der Waals surface area contributed by atoms with Gasteiger partial charge in [-0.25, -0.2) is 0 Å². The molecule has 1 saturated heterocycles. The first-order chi connectivity index (χ1) is 12.8. The van der Waals surface area contributed by atoms with Crippen molar-refractivity contribution >= 4 is 40.0 Å². The molecule has 27 heavy (non-hydrogen) atoms. The van der Waals surface area contributed by atoms with Crippen molar-refractivity contribution in [1.29, 1.82) is 0 Å². The van der Waals surface area contributed by atoms with Gasteiger partial charge in [0.05, 0.1) is 21.7 Å². The van der Waals surface area contributed by atoms with E-state index < -0.39 is 5.60 Å². The zero-order valence-electron chi connectivity index (χ0n) is 16.1. The van der Waals surface area contributed by atoms with Gasteiger partial charge in [-0.1, -0.05) is 0 Å². The van der Waals surface area contributed by atoms with E-state index in [9.17, 15) is 9.90 Å². The number of piperidine rings is 1. The summed E-state index contributed by atoms with van der Waals surface area (Å²) >= 11 is 2.82. The van der Waals surface area contributed by atoms with E-state index in [0.29, 0.717) is 12.1 Å². The highest BCUT2D eigenvalue weighted by molar-refractivity contribution is 7.14. The average molecular weight is 407 g/mol. The first kappa shape index (κ1) is 20.0. The predicted octanol–water partition coefficient (Wildman–Crippen LogP) is 4.26. The second-order valence-electron chi connectivity index (χ2n) is 7.42. The SMILES string of the molecule is C/C=N\Nc1sccc1C(=O)N1CC(c2cc(C(C)(C)O)sn2)CC[C@H]1C. The molecule has 0 radical (unpaired) electrons. The largest absolute Gasteiger partial charge is 0.385 e. The number of nitrogens with zero attached hydrogens (tertiary/aromatic N) is 3. The van der Waals surface area contributed by atoms with Crippen molar-refractivity contribution in [2.75, 3.05) is 12.0 Å². The Morgan fingerprint density at radius 1 is 1.48 bits per heavy atom. The monoisotopic (exact) mass is 406 g/mol. The lowest BCUT2D eigenvalue weighted by atomic mass is 9.90. The van der Waals surface area contributed by atoms with Gasteiger partial charge in [0, 0.05) is 24.7 Å². The predicted molar refractivity (Wildman–Crippen MR) is 112 cm³/mol. The highest BCUT2D eigenvalue weighted by atomic mass is 32.1. The van der Waals surface area contributed by atoms with E-state index >= 15 is 0 Å². The summed E-state index contributed by atoms with van der Waals surface area (Å²) in [7, 11) is 0. The molecular formula is C19H26N4O2S2. The first-order valence-electron chi connectivity index (χ1n) is 9.13. The third-order valence-corrected chi connectivity index (χ3v) is 6.82. The fourth-order valence-corrected chi connectivity index (χ4v) is 4.77. The van der Waals surface area contributed by atoms with Gasteiger partial charge in [0.15, 0.2) is 0 Å². The Kier molecular flexibility index (Phi) is 5.98. The molecule has 3 rings (SSSR count). The number of hydrazone groups is 1. The lowest BCUT2D eigenvalue weighted by molar-refractivity contribution is 0.0608. The van der Waals surface area contributed by atoms with Gasteiger partial charge in [-0.15, -0.1) is 11.3 Å². The fourth-order valence-electron chi connectivity index (χ4n) is 3.24. The van der Waals surface area contributed by atoms with Gasteiger partial charge in [-0.3, -0.25) is 10.2 Å². The van der Waals surface area contributed by atoms with Crippen LogP contribution >= 0.6 is 22.9 Å². The van der Waals surface area contributed by atoms with Gasteiger partial charge < -0.3 is 10.0 Å². The summed E-state index contributed by atoms with van der Waals surface area (Å²) < 4.78 is 4.56. The third kappa shape index (κ3) is 4.39. The highest BCUT2D eigenvalue weighted by Crippen LogP contribution is 2.35. The molecule has 2 atom stereocenters. The van der Waals surface area contributed by atoms with Crippen molar-refractivity contribution in [3.05, 3.63) is 33.6 Å². The summed E-state index contributed by atoms with van der Waals surface area (Å²) in [6.45, 7) is 8.11. The molecule has 146 valence electrons. The van der Waals surface area contributed by atoms with Crippen LogP contribution in [0.3, 0.4) is 0 Å². The number of aliphatic hydroxyl groups is 1. The van der Waals surface area contributed by atoms with Crippen LogP contribution in [0.5, 0.6) is 0 Å². The van der Waals surface area contributed by atoms with Crippen LogP contribution in [0, 0.1) is 0 Å². The molecule has 1 aliphatic rings. The minimum Gasteiger partial charge on any atom is -0.385 e. The lowest BCUT2D eigenvalue weighted by Crippen LogP contribution is -2.45. The smallest absolute Gasteiger partial charge is 0.257 e. The topological polar surface area (TPSA) is 77.8 Å². The van der Waals surface area contributed by atoms with Crippen molar-refractivity contribution in [1.82, 2.24) is 9.27 Å². The van der Waals surface area contributed by atoms with E-state index in [1.807, 2.05) is 29.3 Å². The Morgan fingerprint density at radius 2 is 2.26 bits per heavy atom. The molecule has 6 nitrogen and oxygen atoms in total. The molecule has 0 spiro atoms. The molecule has 0 bridgehead atoms. The molecule has 0 aromatic carbocycles. The first-order valence-corrected chi connectivity index (χ1v) is 10.8. The zero-order chi connectivity index (χ0) is 19.6. The molecule has 0 saturated carbocycles. The summed E-state index contributed by atoms with van der Waals surface area (Å²) in [4.78, 5) is 16.0. The second-order valence-corrected chi connectivity index (χ2v) is 9.14. The Labute approximate surface area is 168 Å². The third-order valence-electron chi connectivity index (χ3n) is 4.88. The molecule has 2 aromatic heterocycles. The molecule has 0 aliphatic carbocycles. The van der Waals surface area contributed by atoms with Gasteiger partial charge in [0.1, 0.15) is 5.00 Å². The second kappa shape index (κ2) is 8.08. The van der Waals surface area contributed by atoms with Gasteiger partial charge in [0.2, 0.25) is 0 Å². The van der Waals surface area contributed by atoms with Crippen molar-refractivity contribution in [3.63, 3.8) is 0 Å². The van der Waals surface area contributed by atoms with E-state index in [0.717, 1.165) is 28.4 Å². The van der Waals surface area contributed by atoms with Gasteiger partial charge in [-0.05, 0) is 69.6 Å². The van der Waals surface area contributed by atoms with E-state index in [2.05, 4.69) is 21.8 Å². The maximum absolute atomic E-state index is 13.2. The molecule has 2 N–H and O–H groups in total. The maximum Gasteiger partial charge on any atom is 0.257 e. The van der Waals surface area contributed by atoms with Crippen molar-refractivity contribution < 1.29 is 9.90 Å².